The van der Waals surface area contributed by atoms with Crippen LogP contribution >= 0.6 is 11.6 Å². The minimum absolute atomic E-state index is 0.0112. The third kappa shape index (κ3) is 2.57. The molecule has 0 saturated heterocycles. The number of hydrogen-bond donors (Lipinski definition) is 2. The predicted octanol–water partition coefficient (Wildman–Crippen LogP) is 1.87. The molecule has 0 spiro atoms. The molecule has 1 atom stereocenters. The van der Waals surface area contributed by atoms with Crippen LogP contribution < -0.4 is 5.73 Å². The summed E-state index contributed by atoms with van der Waals surface area (Å²) in [4.78, 5) is 4.11. The fourth-order valence-corrected chi connectivity index (χ4v) is 1.60. The summed E-state index contributed by atoms with van der Waals surface area (Å²) in [6.45, 7) is 1.66. The molecular weight excluding hydrogens is 247 g/mol. The van der Waals surface area contributed by atoms with Crippen LogP contribution in [0.2, 0.25) is 5.02 Å². The molecule has 4 nitrogen and oxygen atoms in total. The molecule has 1 aromatic carbocycles. The molecule has 0 aliphatic rings. The summed E-state index contributed by atoms with van der Waals surface area (Å²) in [5.41, 5.74) is 5.06. The molecule has 0 fully saturated rings. The SMILES string of the molecule is CC(O)(CN)Cc1nc2cc(Cl)c(F)cc2o1. The van der Waals surface area contributed by atoms with E-state index in [1.165, 1.54) is 12.1 Å². The van der Waals surface area contributed by atoms with Crippen molar-refractivity contribution in [1.82, 2.24) is 4.98 Å². The van der Waals surface area contributed by atoms with E-state index in [1.54, 1.807) is 6.92 Å². The average molecular weight is 259 g/mol. The molecule has 2 rings (SSSR count). The maximum Gasteiger partial charge on any atom is 0.198 e. The van der Waals surface area contributed by atoms with Crippen molar-refractivity contribution in [2.45, 2.75) is 18.9 Å². The van der Waals surface area contributed by atoms with E-state index in [1.807, 2.05) is 0 Å². The Labute approximate surface area is 102 Å². The zero-order chi connectivity index (χ0) is 12.6. The number of aromatic nitrogens is 1. The highest BCUT2D eigenvalue weighted by Crippen LogP contribution is 2.24. The van der Waals surface area contributed by atoms with Crippen LogP contribution in [0.4, 0.5) is 4.39 Å². The molecule has 1 unspecified atom stereocenters. The molecule has 17 heavy (non-hydrogen) atoms. The van der Waals surface area contributed by atoms with Crippen molar-refractivity contribution in [3.05, 3.63) is 28.9 Å². The van der Waals surface area contributed by atoms with E-state index in [4.69, 9.17) is 21.8 Å². The molecule has 1 heterocycles. The summed E-state index contributed by atoms with van der Waals surface area (Å²) in [6.07, 6.45) is 0.164. The zero-order valence-corrected chi connectivity index (χ0v) is 9.96. The number of nitrogens with two attached hydrogens (primary N) is 1. The van der Waals surface area contributed by atoms with Crippen LogP contribution in [0.5, 0.6) is 0 Å². The smallest absolute Gasteiger partial charge is 0.198 e. The van der Waals surface area contributed by atoms with Gasteiger partial charge in [-0.2, -0.15) is 0 Å². The Hall–Kier alpha value is -1.17. The first-order chi connectivity index (χ1) is 7.91. The molecular formula is C11H12ClFN2O2. The van der Waals surface area contributed by atoms with Crippen LogP contribution in [0.25, 0.3) is 11.1 Å². The minimum Gasteiger partial charge on any atom is -0.440 e. The molecule has 0 saturated carbocycles. The highest BCUT2D eigenvalue weighted by Gasteiger charge is 2.22. The lowest BCUT2D eigenvalue weighted by atomic mass is 10.0. The van der Waals surface area contributed by atoms with Crippen molar-refractivity contribution in [2.75, 3.05) is 6.54 Å². The fourth-order valence-electron chi connectivity index (χ4n) is 1.44. The van der Waals surface area contributed by atoms with Gasteiger partial charge in [0.15, 0.2) is 11.5 Å². The van der Waals surface area contributed by atoms with Crippen LogP contribution in [0, 0.1) is 5.82 Å². The van der Waals surface area contributed by atoms with E-state index in [0.717, 1.165) is 0 Å². The highest BCUT2D eigenvalue weighted by molar-refractivity contribution is 6.31. The van der Waals surface area contributed by atoms with E-state index in [9.17, 15) is 9.50 Å². The quantitative estimate of drug-likeness (QED) is 0.882. The third-order valence-corrected chi connectivity index (χ3v) is 2.74. The molecule has 0 amide bonds. The molecule has 1 aromatic heterocycles. The molecule has 0 aliphatic carbocycles. The predicted molar refractivity (Wildman–Crippen MR) is 62.4 cm³/mol. The second kappa shape index (κ2) is 4.25. The van der Waals surface area contributed by atoms with Crippen LogP contribution in [0.15, 0.2) is 16.5 Å². The first kappa shape index (κ1) is 12.3. The van der Waals surface area contributed by atoms with Crippen LogP contribution in [0.1, 0.15) is 12.8 Å². The Balaban J connectivity index is 2.38. The van der Waals surface area contributed by atoms with Crippen LogP contribution in [0.3, 0.4) is 0 Å². The lowest BCUT2D eigenvalue weighted by molar-refractivity contribution is 0.0632. The van der Waals surface area contributed by atoms with E-state index in [2.05, 4.69) is 4.98 Å². The summed E-state index contributed by atoms with van der Waals surface area (Å²) in [5, 5.41) is 9.77. The van der Waals surface area contributed by atoms with Crippen molar-refractivity contribution in [2.24, 2.45) is 5.73 Å². The van der Waals surface area contributed by atoms with Gasteiger partial charge < -0.3 is 15.3 Å². The number of nitrogens with zero attached hydrogens (tertiary/aromatic N) is 1. The van der Waals surface area contributed by atoms with E-state index in [-0.39, 0.29) is 18.0 Å². The summed E-state index contributed by atoms with van der Waals surface area (Å²) >= 11 is 5.63. The van der Waals surface area contributed by atoms with Gasteiger partial charge in [0.2, 0.25) is 0 Å². The second-order valence-corrected chi connectivity index (χ2v) is 4.63. The van der Waals surface area contributed by atoms with Gasteiger partial charge in [0.05, 0.1) is 17.0 Å². The highest BCUT2D eigenvalue weighted by atomic mass is 35.5. The van der Waals surface area contributed by atoms with Crippen molar-refractivity contribution in [1.29, 1.82) is 0 Å². The van der Waals surface area contributed by atoms with Gasteiger partial charge in [0.25, 0.3) is 0 Å². The van der Waals surface area contributed by atoms with Gasteiger partial charge in [-0.05, 0) is 13.0 Å². The number of hydrogen-bond acceptors (Lipinski definition) is 4. The van der Waals surface area contributed by atoms with E-state index < -0.39 is 11.4 Å². The first-order valence-corrected chi connectivity index (χ1v) is 5.46. The molecule has 6 heteroatoms. The standard InChI is InChI=1S/C11H12ClFN2O2/c1-11(16,5-14)4-10-15-8-2-6(12)7(13)3-9(8)17-10/h2-3,16H,4-5,14H2,1H3. The molecule has 3 N–H and O–H groups in total. The summed E-state index contributed by atoms with van der Waals surface area (Å²) in [6, 6.07) is 2.56. The number of aliphatic hydroxyl groups is 1. The Bertz CT molecular complexity index is 515. The van der Waals surface area contributed by atoms with Gasteiger partial charge in [-0.3, -0.25) is 0 Å². The molecule has 0 bridgehead atoms. The lowest BCUT2D eigenvalue weighted by Gasteiger charge is -2.18. The van der Waals surface area contributed by atoms with E-state index in [0.29, 0.717) is 17.0 Å². The largest absolute Gasteiger partial charge is 0.440 e. The van der Waals surface area contributed by atoms with Gasteiger partial charge in [0.1, 0.15) is 11.3 Å². The molecule has 0 aliphatic heterocycles. The number of fused-ring (bicyclic) bond motifs is 1. The van der Waals surface area contributed by atoms with Crippen LogP contribution in [-0.4, -0.2) is 22.2 Å². The zero-order valence-electron chi connectivity index (χ0n) is 9.20. The van der Waals surface area contributed by atoms with Gasteiger partial charge in [-0.25, -0.2) is 9.37 Å². The van der Waals surface area contributed by atoms with Crippen molar-refractivity contribution >= 4 is 22.7 Å². The Kier molecular flexibility index (Phi) is 3.07. The summed E-state index contributed by atoms with van der Waals surface area (Å²) < 4.78 is 18.5. The second-order valence-electron chi connectivity index (χ2n) is 4.22. The lowest BCUT2D eigenvalue weighted by Crippen LogP contribution is -2.36. The summed E-state index contributed by atoms with van der Waals surface area (Å²) in [5.74, 6) is -0.260. The van der Waals surface area contributed by atoms with E-state index >= 15 is 0 Å². The maximum absolute atomic E-state index is 13.2. The number of halogens is 2. The normalized spacial score (nSPS) is 15.1. The first-order valence-electron chi connectivity index (χ1n) is 5.08. The van der Waals surface area contributed by atoms with Gasteiger partial charge >= 0.3 is 0 Å². The van der Waals surface area contributed by atoms with Crippen molar-refractivity contribution in [3.8, 4) is 0 Å². The topological polar surface area (TPSA) is 72.3 Å². The number of rotatable bonds is 3. The molecule has 92 valence electrons. The van der Waals surface area contributed by atoms with Gasteiger partial charge in [-0.1, -0.05) is 11.6 Å². The monoisotopic (exact) mass is 258 g/mol. The molecule has 2 aromatic rings. The van der Waals surface area contributed by atoms with Gasteiger partial charge in [-0.15, -0.1) is 0 Å². The number of benzene rings is 1. The van der Waals surface area contributed by atoms with Gasteiger partial charge in [0, 0.05) is 12.6 Å². The van der Waals surface area contributed by atoms with Crippen molar-refractivity contribution < 1.29 is 13.9 Å². The maximum atomic E-state index is 13.2. The third-order valence-electron chi connectivity index (χ3n) is 2.45. The van der Waals surface area contributed by atoms with Crippen molar-refractivity contribution in [3.63, 3.8) is 0 Å². The number of oxazole rings is 1. The summed E-state index contributed by atoms with van der Waals surface area (Å²) in [7, 11) is 0. The average Bonchev–Trinajstić information content (AvgIpc) is 2.59. The Morgan fingerprint density at radius 2 is 2.29 bits per heavy atom. The molecule has 0 radical (unpaired) electrons. The minimum atomic E-state index is -1.09. The Morgan fingerprint density at radius 1 is 1.59 bits per heavy atom. The Morgan fingerprint density at radius 3 is 2.94 bits per heavy atom. The fraction of sp³-hybridized carbons (Fsp3) is 0.364. The van der Waals surface area contributed by atoms with Crippen LogP contribution in [-0.2, 0) is 6.42 Å².